The summed E-state index contributed by atoms with van der Waals surface area (Å²) in [5.41, 5.74) is 0.514. The Hall–Kier alpha value is -1.30. The maximum absolute atomic E-state index is 12.4. The maximum Gasteiger partial charge on any atom is 0.309 e. The minimum absolute atomic E-state index is 0.0543. The van der Waals surface area contributed by atoms with Gasteiger partial charge in [0.25, 0.3) is 5.91 Å². The lowest BCUT2D eigenvalue weighted by Gasteiger charge is -2.31. The lowest BCUT2D eigenvalue weighted by atomic mass is 9.96. The number of piperidine rings is 1. The molecule has 0 bridgehead atoms. The maximum atomic E-state index is 12.4. The van der Waals surface area contributed by atoms with Gasteiger partial charge in [-0.2, -0.15) is 0 Å². The van der Waals surface area contributed by atoms with Crippen molar-refractivity contribution < 1.29 is 19.2 Å². The molecule has 1 atom stereocenters. The zero-order valence-electron chi connectivity index (χ0n) is 13.2. The first kappa shape index (κ1) is 18.0. The highest BCUT2D eigenvalue weighted by atomic mass is 35.5. The fraction of sp³-hybridized carbons (Fsp3) is 0.500. The number of hydrogen-bond acceptors (Lipinski definition) is 3. The molecule has 1 aromatic carbocycles. The fourth-order valence-electron chi connectivity index (χ4n) is 2.84. The highest BCUT2D eigenvalue weighted by Gasteiger charge is 2.33. The lowest BCUT2D eigenvalue weighted by Crippen LogP contribution is -3.17. The van der Waals surface area contributed by atoms with Crippen molar-refractivity contribution >= 4 is 40.8 Å². The lowest BCUT2D eigenvalue weighted by molar-refractivity contribution is -0.919. The van der Waals surface area contributed by atoms with E-state index in [-0.39, 0.29) is 23.8 Å². The van der Waals surface area contributed by atoms with E-state index in [1.165, 1.54) is 7.11 Å². The monoisotopic (exact) mass is 359 g/mol. The topological polar surface area (TPSA) is 59.8 Å². The molecule has 2 rings (SSSR count). The molecule has 7 heteroatoms. The molecule has 0 unspecified atom stereocenters. The van der Waals surface area contributed by atoms with Crippen LogP contribution in [0.2, 0.25) is 10.0 Å². The van der Waals surface area contributed by atoms with Crippen molar-refractivity contribution in [1.82, 2.24) is 0 Å². The van der Waals surface area contributed by atoms with Crippen LogP contribution in [0.3, 0.4) is 0 Å². The van der Waals surface area contributed by atoms with Crippen molar-refractivity contribution in [3.63, 3.8) is 0 Å². The van der Waals surface area contributed by atoms with E-state index in [0.29, 0.717) is 15.7 Å². The number of hydrogen-bond donors (Lipinski definition) is 2. The number of likely N-dealkylation sites (tertiary alicyclic amines) is 1. The molecule has 1 aliphatic heterocycles. The van der Waals surface area contributed by atoms with Crippen molar-refractivity contribution in [1.29, 1.82) is 0 Å². The van der Waals surface area contributed by atoms with Gasteiger partial charge in [-0.3, -0.25) is 9.59 Å². The molecule has 0 aliphatic carbocycles. The summed E-state index contributed by atoms with van der Waals surface area (Å²) in [6.07, 6.45) is 1.47. The number of benzene rings is 1. The molecule has 1 amide bonds. The Morgan fingerprint density at radius 3 is 2.57 bits per heavy atom. The van der Waals surface area contributed by atoms with Gasteiger partial charge in [-0.25, -0.2) is 0 Å². The number of esters is 1. The third-order valence-electron chi connectivity index (χ3n) is 4.35. The number of ether oxygens (including phenoxy) is 1. The first-order chi connectivity index (χ1) is 10.9. The number of nitrogens with one attached hydrogen (secondary N) is 2. The number of methoxy groups -OCH3 is 1. The Kier molecular flexibility index (Phi) is 6.27. The Bertz CT molecular complexity index is 587. The summed E-state index contributed by atoms with van der Waals surface area (Å²) in [5.74, 6) is -0.325. The molecule has 1 saturated heterocycles. The van der Waals surface area contributed by atoms with Gasteiger partial charge >= 0.3 is 5.97 Å². The average molecular weight is 360 g/mol. The largest absolute Gasteiger partial charge is 0.469 e. The van der Waals surface area contributed by atoms with Crippen LogP contribution in [0.4, 0.5) is 5.69 Å². The molecule has 0 radical (unpaired) electrons. The quantitative estimate of drug-likeness (QED) is 0.805. The van der Waals surface area contributed by atoms with E-state index in [1.54, 1.807) is 18.2 Å². The van der Waals surface area contributed by atoms with Crippen LogP contribution >= 0.6 is 23.2 Å². The van der Waals surface area contributed by atoms with E-state index < -0.39 is 0 Å². The molecule has 2 N–H and O–H groups in total. The Morgan fingerprint density at radius 1 is 1.30 bits per heavy atom. The van der Waals surface area contributed by atoms with E-state index in [9.17, 15) is 9.59 Å². The number of quaternary nitrogens is 1. The predicted molar refractivity (Wildman–Crippen MR) is 90.0 cm³/mol. The van der Waals surface area contributed by atoms with E-state index >= 15 is 0 Å². The van der Waals surface area contributed by atoms with Crippen LogP contribution in [0.1, 0.15) is 19.8 Å². The number of halogens is 2. The van der Waals surface area contributed by atoms with Crippen LogP contribution in [-0.2, 0) is 14.3 Å². The third kappa shape index (κ3) is 4.59. The van der Waals surface area contributed by atoms with Gasteiger partial charge in [-0.1, -0.05) is 23.2 Å². The van der Waals surface area contributed by atoms with Crippen molar-refractivity contribution in [3.05, 3.63) is 28.2 Å². The van der Waals surface area contributed by atoms with Gasteiger partial charge in [0.05, 0.1) is 36.8 Å². The standard InChI is InChI=1S/C16H20Cl2N2O3/c1-10(20-7-5-11(6-8-20)16(22)23-2)15(21)19-14-9-12(17)3-4-13(14)18/h3-4,9-11H,5-8H2,1-2H3,(H,19,21)/p+1/t10-/m0/s1. The fourth-order valence-corrected chi connectivity index (χ4v) is 3.18. The summed E-state index contributed by atoms with van der Waals surface area (Å²) in [6, 6.07) is 4.72. The van der Waals surface area contributed by atoms with Gasteiger partial charge < -0.3 is 15.0 Å². The van der Waals surface area contributed by atoms with E-state index in [0.717, 1.165) is 30.8 Å². The van der Waals surface area contributed by atoms with Crippen LogP contribution in [0, 0.1) is 5.92 Å². The van der Waals surface area contributed by atoms with Crippen molar-refractivity contribution in [2.45, 2.75) is 25.8 Å². The summed E-state index contributed by atoms with van der Waals surface area (Å²) in [7, 11) is 1.41. The first-order valence-corrected chi connectivity index (χ1v) is 8.36. The van der Waals surface area contributed by atoms with E-state index in [1.807, 2.05) is 6.92 Å². The van der Waals surface area contributed by atoms with Gasteiger partial charge in [0.1, 0.15) is 0 Å². The SMILES string of the molecule is COC(=O)C1CC[NH+]([C@@H](C)C(=O)Nc2cc(Cl)ccc2Cl)CC1. The number of carbonyl (C=O) groups is 2. The summed E-state index contributed by atoms with van der Waals surface area (Å²) in [5, 5.41) is 3.80. The number of carbonyl (C=O) groups excluding carboxylic acids is 2. The molecule has 126 valence electrons. The Morgan fingerprint density at radius 2 is 1.96 bits per heavy atom. The van der Waals surface area contributed by atoms with Crippen LogP contribution in [0.15, 0.2) is 18.2 Å². The Labute approximate surface area is 145 Å². The van der Waals surface area contributed by atoms with Gasteiger partial charge in [-0.15, -0.1) is 0 Å². The highest BCUT2D eigenvalue weighted by Crippen LogP contribution is 2.25. The molecule has 1 aromatic rings. The van der Waals surface area contributed by atoms with Gasteiger partial charge in [0, 0.05) is 17.9 Å². The Balaban J connectivity index is 1.93. The van der Waals surface area contributed by atoms with Gasteiger partial charge in [0.15, 0.2) is 6.04 Å². The second-order valence-electron chi connectivity index (χ2n) is 5.79. The second-order valence-corrected chi connectivity index (χ2v) is 6.63. The van der Waals surface area contributed by atoms with Gasteiger partial charge in [-0.05, 0) is 25.1 Å². The van der Waals surface area contributed by atoms with Crippen LogP contribution in [0.5, 0.6) is 0 Å². The predicted octanol–water partition coefficient (Wildman–Crippen LogP) is 1.79. The number of anilines is 1. The average Bonchev–Trinajstić information content (AvgIpc) is 2.56. The summed E-state index contributed by atoms with van der Waals surface area (Å²) in [6.45, 7) is 3.40. The highest BCUT2D eigenvalue weighted by molar-refractivity contribution is 6.35. The van der Waals surface area contributed by atoms with E-state index in [2.05, 4.69) is 5.32 Å². The summed E-state index contributed by atoms with van der Waals surface area (Å²) >= 11 is 12.0. The number of amides is 1. The van der Waals surface area contributed by atoms with Crippen LogP contribution in [0.25, 0.3) is 0 Å². The molecule has 1 heterocycles. The molecular weight excluding hydrogens is 339 g/mol. The minimum atomic E-state index is -0.233. The van der Waals surface area contributed by atoms with Crippen molar-refractivity contribution in [2.75, 3.05) is 25.5 Å². The molecule has 23 heavy (non-hydrogen) atoms. The zero-order chi connectivity index (χ0) is 17.0. The summed E-state index contributed by atoms with van der Waals surface area (Å²) in [4.78, 5) is 25.1. The first-order valence-electron chi connectivity index (χ1n) is 7.60. The van der Waals surface area contributed by atoms with Crippen LogP contribution in [-0.4, -0.2) is 38.1 Å². The molecule has 5 nitrogen and oxygen atoms in total. The molecule has 1 fully saturated rings. The third-order valence-corrected chi connectivity index (χ3v) is 4.92. The van der Waals surface area contributed by atoms with Crippen LogP contribution < -0.4 is 10.2 Å². The second kappa shape index (κ2) is 7.99. The summed E-state index contributed by atoms with van der Waals surface area (Å²) < 4.78 is 4.78. The molecular formula is C16H21Cl2N2O3+. The molecule has 0 spiro atoms. The van der Waals surface area contributed by atoms with Crippen molar-refractivity contribution in [2.24, 2.45) is 5.92 Å². The van der Waals surface area contributed by atoms with E-state index in [4.69, 9.17) is 27.9 Å². The smallest absolute Gasteiger partial charge is 0.309 e. The molecule has 0 saturated carbocycles. The number of rotatable bonds is 4. The minimum Gasteiger partial charge on any atom is -0.469 e. The van der Waals surface area contributed by atoms with Gasteiger partial charge in [0.2, 0.25) is 0 Å². The molecule has 0 aromatic heterocycles. The zero-order valence-corrected chi connectivity index (χ0v) is 14.7. The molecule has 1 aliphatic rings. The normalized spacial score (nSPS) is 22.3. The van der Waals surface area contributed by atoms with Crippen molar-refractivity contribution in [3.8, 4) is 0 Å².